The first-order chi connectivity index (χ1) is 27.7. The maximum atomic E-state index is 6.18. The van der Waals surface area contributed by atoms with Crippen molar-refractivity contribution in [3.8, 4) is 61.8 Å². The van der Waals surface area contributed by atoms with Crippen LogP contribution in [0.3, 0.4) is 0 Å². The van der Waals surface area contributed by atoms with E-state index in [-0.39, 0.29) is 0 Å². The Kier molecular flexibility index (Phi) is 7.46. The smallest absolute Gasteiger partial charge is 0.160 e. The topological polar surface area (TPSA) is 43.9 Å². The molecule has 0 saturated carbocycles. The molecule has 3 aromatic heterocycles. The van der Waals surface area contributed by atoms with Crippen molar-refractivity contribution in [1.29, 1.82) is 0 Å². The average Bonchev–Trinajstić information content (AvgIpc) is 3.82. The van der Waals surface area contributed by atoms with Crippen LogP contribution in [0.5, 0.6) is 0 Å². The van der Waals surface area contributed by atoms with Crippen molar-refractivity contribution in [2.45, 2.75) is 0 Å². The highest BCUT2D eigenvalue weighted by atomic mass is 16.3. The largest absolute Gasteiger partial charge is 0.456 e. The van der Waals surface area contributed by atoms with Gasteiger partial charge in [-0.2, -0.15) is 0 Å². The van der Waals surface area contributed by atoms with Crippen molar-refractivity contribution in [1.82, 2.24) is 14.5 Å². The fourth-order valence-electron chi connectivity index (χ4n) is 8.14. The van der Waals surface area contributed by atoms with Crippen molar-refractivity contribution in [2.75, 3.05) is 0 Å². The maximum absolute atomic E-state index is 6.18. The molecule has 0 bridgehead atoms. The van der Waals surface area contributed by atoms with Crippen molar-refractivity contribution < 1.29 is 4.42 Å². The van der Waals surface area contributed by atoms with Crippen LogP contribution in [0.15, 0.2) is 205 Å². The lowest BCUT2D eigenvalue weighted by atomic mass is 9.97. The molecule has 8 aromatic carbocycles. The third kappa shape index (κ3) is 5.39. The Labute approximate surface area is 323 Å². The Morgan fingerprint density at radius 3 is 1.68 bits per heavy atom. The van der Waals surface area contributed by atoms with Gasteiger partial charge in [-0.15, -0.1) is 0 Å². The number of para-hydroxylation sites is 2. The Morgan fingerprint density at radius 2 is 0.911 bits per heavy atom. The summed E-state index contributed by atoms with van der Waals surface area (Å²) in [7, 11) is 0. The molecule has 4 heteroatoms. The molecule has 0 atom stereocenters. The predicted octanol–water partition coefficient (Wildman–Crippen LogP) is 13.8. The van der Waals surface area contributed by atoms with E-state index in [1.807, 2.05) is 24.3 Å². The number of rotatable bonds is 6. The lowest BCUT2D eigenvalue weighted by Crippen LogP contribution is -1.96. The highest BCUT2D eigenvalue weighted by molar-refractivity contribution is 6.16. The number of fused-ring (bicyclic) bond motifs is 6. The molecule has 0 amide bonds. The molecular formula is C52H33N3O. The van der Waals surface area contributed by atoms with Crippen LogP contribution in [0.2, 0.25) is 0 Å². The number of furan rings is 1. The van der Waals surface area contributed by atoms with Gasteiger partial charge in [-0.1, -0.05) is 158 Å². The summed E-state index contributed by atoms with van der Waals surface area (Å²) in [5.74, 6) is 0.698. The summed E-state index contributed by atoms with van der Waals surface area (Å²) in [5, 5.41) is 4.68. The maximum Gasteiger partial charge on any atom is 0.160 e. The van der Waals surface area contributed by atoms with Gasteiger partial charge in [0.05, 0.1) is 22.4 Å². The molecule has 11 aromatic rings. The van der Waals surface area contributed by atoms with E-state index in [1.54, 1.807) is 0 Å². The lowest BCUT2D eigenvalue weighted by molar-refractivity contribution is 0.669. The van der Waals surface area contributed by atoms with Gasteiger partial charge < -0.3 is 8.98 Å². The highest BCUT2D eigenvalue weighted by Gasteiger charge is 2.18. The van der Waals surface area contributed by atoms with Crippen molar-refractivity contribution in [3.63, 3.8) is 0 Å². The molecule has 0 spiro atoms. The summed E-state index contributed by atoms with van der Waals surface area (Å²) in [6.07, 6.45) is 0. The standard InChI is InChI=1S/C52H33N3O/c1-3-12-34(13-4-1)35-22-28-39(29-23-35)52-53-45(37-14-5-2-6-15-37)33-46(54-52)38-26-24-36(25-27-38)41-18-11-20-48-51(41)43-17-7-9-19-47(43)55(48)40-30-31-50-44(32-40)42-16-8-10-21-49(42)56-50/h1-33H. The molecule has 0 unspecified atom stereocenters. The van der Waals surface area contributed by atoms with Crippen LogP contribution in [-0.2, 0) is 0 Å². The summed E-state index contributed by atoms with van der Waals surface area (Å²) < 4.78 is 8.56. The van der Waals surface area contributed by atoms with Gasteiger partial charge >= 0.3 is 0 Å². The summed E-state index contributed by atoms with van der Waals surface area (Å²) >= 11 is 0. The van der Waals surface area contributed by atoms with E-state index in [4.69, 9.17) is 14.4 Å². The van der Waals surface area contributed by atoms with E-state index in [0.29, 0.717) is 5.82 Å². The third-order valence-electron chi connectivity index (χ3n) is 10.9. The number of nitrogens with zero attached hydrogens (tertiary/aromatic N) is 3. The zero-order chi connectivity index (χ0) is 37.0. The fraction of sp³-hybridized carbons (Fsp3) is 0. The van der Waals surface area contributed by atoms with Gasteiger partial charge in [-0.25, -0.2) is 9.97 Å². The molecule has 0 aliphatic heterocycles. The van der Waals surface area contributed by atoms with E-state index >= 15 is 0 Å². The van der Waals surface area contributed by atoms with Crippen LogP contribution in [0.4, 0.5) is 0 Å². The normalized spacial score (nSPS) is 11.6. The van der Waals surface area contributed by atoms with Gasteiger partial charge in [0.15, 0.2) is 5.82 Å². The molecule has 0 aliphatic rings. The van der Waals surface area contributed by atoms with Crippen LogP contribution in [0.1, 0.15) is 0 Å². The van der Waals surface area contributed by atoms with Crippen LogP contribution >= 0.6 is 0 Å². The Balaban J connectivity index is 1.01. The summed E-state index contributed by atoms with van der Waals surface area (Å²) in [4.78, 5) is 10.2. The molecule has 4 nitrogen and oxygen atoms in total. The lowest BCUT2D eigenvalue weighted by Gasteiger charge is -2.11. The van der Waals surface area contributed by atoms with Crippen molar-refractivity contribution in [2.24, 2.45) is 0 Å². The summed E-state index contributed by atoms with van der Waals surface area (Å²) in [6.45, 7) is 0. The third-order valence-corrected chi connectivity index (χ3v) is 10.9. The molecule has 0 N–H and O–H groups in total. The van der Waals surface area contributed by atoms with Gasteiger partial charge in [0.2, 0.25) is 0 Å². The SMILES string of the molecule is c1ccc(-c2ccc(-c3nc(-c4ccccc4)cc(-c4ccc(-c5cccc6c5c5ccccc5n6-c5ccc6oc7ccccc7c6c5)cc4)n3)cc2)cc1. The minimum absolute atomic E-state index is 0.698. The van der Waals surface area contributed by atoms with Gasteiger partial charge in [0.1, 0.15) is 11.2 Å². The Morgan fingerprint density at radius 1 is 0.357 bits per heavy atom. The zero-order valence-electron chi connectivity index (χ0n) is 30.3. The quantitative estimate of drug-likeness (QED) is 0.172. The van der Waals surface area contributed by atoms with Gasteiger partial charge in [0.25, 0.3) is 0 Å². The minimum atomic E-state index is 0.698. The molecule has 0 radical (unpaired) electrons. The van der Waals surface area contributed by atoms with Crippen molar-refractivity contribution in [3.05, 3.63) is 200 Å². The van der Waals surface area contributed by atoms with Crippen LogP contribution in [0, 0.1) is 0 Å². The second kappa shape index (κ2) is 13.1. The molecular weight excluding hydrogens is 683 g/mol. The number of aromatic nitrogens is 3. The van der Waals surface area contributed by atoms with E-state index in [2.05, 4.69) is 180 Å². The highest BCUT2D eigenvalue weighted by Crippen LogP contribution is 2.40. The van der Waals surface area contributed by atoms with Crippen LogP contribution in [-0.4, -0.2) is 14.5 Å². The van der Waals surface area contributed by atoms with Crippen LogP contribution < -0.4 is 0 Å². The predicted molar refractivity (Wildman–Crippen MR) is 231 cm³/mol. The van der Waals surface area contributed by atoms with E-state index in [9.17, 15) is 0 Å². The van der Waals surface area contributed by atoms with Crippen LogP contribution in [0.25, 0.3) is 106 Å². The number of hydrogen-bond acceptors (Lipinski definition) is 3. The summed E-state index contributed by atoms with van der Waals surface area (Å²) in [6, 6.07) is 70.3. The molecule has 11 rings (SSSR count). The molecule has 0 aliphatic carbocycles. The Hall–Kier alpha value is -7.56. The number of benzene rings is 8. The van der Waals surface area contributed by atoms with Crippen molar-refractivity contribution >= 4 is 43.7 Å². The zero-order valence-corrected chi connectivity index (χ0v) is 30.3. The van der Waals surface area contributed by atoms with E-state index in [1.165, 1.54) is 21.9 Å². The first kappa shape index (κ1) is 31.9. The van der Waals surface area contributed by atoms with E-state index in [0.717, 1.165) is 77.9 Å². The minimum Gasteiger partial charge on any atom is -0.456 e. The molecule has 3 heterocycles. The Bertz CT molecular complexity index is 3220. The second-order valence-electron chi connectivity index (χ2n) is 14.2. The van der Waals surface area contributed by atoms with Gasteiger partial charge in [-0.05, 0) is 64.7 Å². The molecule has 262 valence electrons. The van der Waals surface area contributed by atoms with E-state index < -0.39 is 0 Å². The monoisotopic (exact) mass is 715 g/mol. The first-order valence-electron chi connectivity index (χ1n) is 18.9. The van der Waals surface area contributed by atoms with Gasteiger partial charge in [0, 0.05) is 43.9 Å². The fourth-order valence-corrected chi connectivity index (χ4v) is 8.14. The molecule has 0 saturated heterocycles. The second-order valence-corrected chi connectivity index (χ2v) is 14.2. The number of hydrogen-bond donors (Lipinski definition) is 0. The molecule has 0 fully saturated rings. The average molecular weight is 716 g/mol. The molecule has 56 heavy (non-hydrogen) atoms. The van der Waals surface area contributed by atoms with Gasteiger partial charge in [-0.3, -0.25) is 0 Å². The summed E-state index contributed by atoms with van der Waals surface area (Å²) in [5.41, 5.74) is 14.7. The first-order valence-corrected chi connectivity index (χ1v) is 18.9.